The number of aryl methyl sites for hydroxylation is 1. The Kier molecular flexibility index (Phi) is 7.24. The van der Waals surface area contributed by atoms with E-state index in [1.165, 1.54) is 0 Å². The van der Waals surface area contributed by atoms with Crippen molar-refractivity contribution < 1.29 is 19.1 Å². The highest BCUT2D eigenvalue weighted by molar-refractivity contribution is 6.08. The minimum atomic E-state index is -0.282. The average Bonchev–Trinajstić information content (AvgIpc) is 2.93. The van der Waals surface area contributed by atoms with Crippen molar-refractivity contribution in [2.24, 2.45) is 0 Å². The highest BCUT2D eigenvalue weighted by atomic mass is 16.6. The minimum Gasteiger partial charge on any atom is -0.486 e. The molecule has 194 valence electrons. The first-order valence-corrected chi connectivity index (χ1v) is 12.5. The number of amides is 2. The molecule has 4 aromatic rings. The molecule has 2 amide bonds. The predicted molar refractivity (Wildman–Crippen MR) is 149 cm³/mol. The van der Waals surface area contributed by atoms with Crippen LogP contribution in [0.1, 0.15) is 32.0 Å². The number of hydrogen-bond acceptors (Lipinski definition) is 6. The van der Waals surface area contributed by atoms with E-state index in [1.54, 1.807) is 36.4 Å². The molecule has 0 unspecified atom stereocenters. The van der Waals surface area contributed by atoms with Crippen molar-refractivity contribution in [3.63, 3.8) is 0 Å². The Bertz CT molecular complexity index is 1520. The van der Waals surface area contributed by atoms with Gasteiger partial charge in [-0.1, -0.05) is 12.1 Å². The first-order valence-electron chi connectivity index (χ1n) is 12.5. The van der Waals surface area contributed by atoms with Crippen LogP contribution in [-0.2, 0) is 6.42 Å². The highest BCUT2D eigenvalue weighted by Gasteiger charge is 2.16. The molecule has 0 radical (unpaired) electrons. The largest absolute Gasteiger partial charge is 0.486 e. The molecule has 1 aliphatic heterocycles. The Morgan fingerprint density at radius 3 is 2.39 bits per heavy atom. The topological polar surface area (TPSA) is 92.8 Å². The van der Waals surface area contributed by atoms with Gasteiger partial charge < -0.3 is 25.0 Å². The van der Waals surface area contributed by atoms with Crippen LogP contribution in [0.15, 0.2) is 66.7 Å². The Morgan fingerprint density at radius 1 is 0.842 bits per heavy atom. The van der Waals surface area contributed by atoms with Crippen LogP contribution in [0.3, 0.4) is 0 Å². The van der Waals surface area contributed by atoms with Crippen LogP contribution in [0.4, 0.5) is 11.4 Å². The number of nitrogens with one attached hydrogen (secondary N) is 2. The van der Waals surface area contributed by atoms with Gasteiger partial charge in [0.25, 0.3) is 11.8 Å². The lowest BCUT2D eigenvalue weighted by molar-refractivity contribution is 0.101. The van der Waals surface area contributed by atoms with E-state index in [0.717, 1.165) is 35.1 Å². The number of nitrogens with zero attached hydrogens (tertiary/aromatic N) is 2. The molecule has 5 rings (SSSR count). The van der Waals surface area contributed by atoms with Crippen LogP contribution in [-0.4, -0.2) is 55.6 Å². The van der Waals surface area contributed by atoms with E-state index in [9.17, 15) is 9.59 Å². The van der Waals surface area contributed by atoms with Gasteiger partial charge in [-0.25, -0.2) is 0 Å². The van der Waals surface area contributed by atoms with E-state index < -0.39 is 0 Å². The number of rotatable bonds is 7. The summed E-state index contributed by atoms with van der Waals surface area (Å²) in [6, 6.07) is 20.0. The monoisotopic (exact) mass is 510 g/mol. The second-order valence-corrected chi connectivity index (χ2v) is 9.56. The molecule has 1 aliphatic rings. The number of anilines is 2. The van der Waals surface area contributed by atoms with E-state index in [-0.39, 0.29) is 11.8 Å². The Labute approximate surface area is 221 Å². The van der Waals surface area contributed by atoms with Crippen LogP contribution in [0, 0.1) is 6.92 Å². The maximum absolute atomic E-state index is 13.1. The molecule has 8 nitrogen and oxygen atoms in total. The van der Waals surface area contributed by atoms with Crippen LogP contribution in [0.5, 0.6) is 11.5 Å². The van der Waals surface area contributed by atoms with Gasteiger partial charge in [0.2, 0.25) is 0 Å². The summed E-state index contributed by atoms with van der Waals surface area (Å²) in [7, 11) is 4.08. The fourth-order valence-electron chi connectivity index (χ4n) is 4.20. The Morgan fingerprint density at radius 2 is 1.58 bits per heavy atom. The number of pyridine rings is 1. The lowest BCUT2D eigenvalue weighted by Crippen LogP contribution is -2.17. The van der Waals surface area contributed by atoms with E-state index in [0.29, 0.717) is 47.2 Å². The summed E-state index contributed by atoms with van der Waals surface area (Å²) in [5, 5.41) is 6.78. The molecular weight excluding hydrogens is 480 g/mol. The second kappa shape index (κ2) is 10.9. The second-order valence-electron chi connectivity index (χ2n) is 9.56. The summed E-state index contributed by atoms with van der Waals surface area (Å²) < 4.78 is 11.1. The molecule has 0 saturated carbocycles. The van der Waals surface area contributed by atoms with Crippen molar-refractivity contribution in [2.45, 2.75) is 13.3 Å². The van der Waals surface area contributed by atoms with Crippen molar-refractivity contribution in [3.05, 3.63) is 89.1 Å². The lowest BCUT2D eigenvalue weighted by Gasteiger charge is -2.18. The van der Waals surface area contributed by atoms with Gasteiger partial charge in [-0.2, -0.15) is 0 Å². The van der Waals surface area contributed by atoms with E-state index in [4.69, 9.17) is 14.5 Å². The summed E-state index contributed by atoms with van der Waals surface area (Å²) in [4.78, 5) is 32.8. The normalized spacial score (nSPS) is 12.4. The van der Waals surface area contributed by atoms with Gasteiger partial charge in [0.1, 0.15) is 13.2 Å². The van der Waals surface area contributed by atoms with Crippen LogP contribution < -0.4 is 20.1 Å². The van der Waals surface area contributed by atoms with Gasteiger partial charge in [0.05, 0.1) is 5.52 Å². The van der Waals surface area contributed by atoms with Gasteiger partial charge >= 0.3 is 0 Å². The Balaban J connectivity index is 1.28. The summed E-state index contributed by atoms with van der Waals surface area (Å²) in [6.07, 6.45) is 0.867. The van der Waals surface area contributed by atoms with E-state index in [1.807, 2.05) is 51.4 Å². The summed E-state index contributed by atoms with van der Waals surface area (Å²) in [6.45, 7) is 3.77. The molecule has 0 bridgehead atoms. The fraction of sp³-hybridized carbons (Fsp3) is 0.233. The number of aromatic nitrogens is 1. The zero-order valence-corrected chi connectivity index (χ0v) is 21.7. The molecule has 8 heteroatoms. The molecule has 0 fully saturated rings. The summed E-state index contributed by atoms with van der Waals surface area (Å²) in [5.41, 5.74) is 4.93. The minimum absolute atomic E-state index is 0.234. The number of carbonyl (C=O) groups is 2. The molecule has 0 aliphatic carbocycles. The zero-order valence-electron chi connectivity index (χ0n) is 21.7. The lowest BCUT2D eigenvalue weighted by atomic mass is 10.1. The van der Waals surface area contributed by atoms with E-state index >= 15 is 0 Å². The van der Waals surface area contributed by atoms with Crippen molar-refractivity contribution in [3.8, 4) is 11.5 Å². The third-order valence-corrected chi connectivity index (χ3v) is 6.37. The third kappa shape index (κ3) is 5.76. The number of carbonyl (C=O) groups excluding carboxylic acids is 2. The number of likely N-dealkylation sites (N-methyl/N-ethyl adjacent to an activating group) is 1. The van der Waals surface area contributed by atoms with Crippen LogP contribution >= 0.6 is 0 Å². The molecule has 0 atom stereocenters. The molecular formula is C30H30N4O4. The molecule has 38 heavy (non-hydrogen) atoms. The van der Waals surface area contributed by atoms with Crippen molar-refractivity contribution in [1.82, 2.24) is 9.88 Å². The van der Waals surface area contributed by atoms with Gasteiger partial charge in [-0.15, -0.1) is 0 Å². The maximum Gasteiger partial charge on any atom is 0.255 e. The van der Waals surface area contributed by atoms with Gasteiger partial charge in [-0.05, 0) is 81.2 Å². The quantitative estimate of drug-likeness (QED) is 0.367. The molecule has 2 heterocycles. The van der Waals surface area contributed by atoms with Crippen molar-refractivity contribution >= 4 is 34.1 Å². The van der Waals surface area contributed by atoms with Crippen LogP contribution in [0.25, 0.3) is 10.9 Å². The SMILES string of the molecule is Cc1ccc(NC(=O)c2ccc3c(c2)OCCO3)cc1NC(=O)c1ccc2nc(CCN(C)C)ccc2c1. The summed E-state index contributed by atoms with van der Waals surface area (Å²) >= 11 is 0. The standard InChI is InChI=1S/C30H30N4O4/c1-19-4-8-24(32-29(35)22-7-11-27-28(17-22)38-15-14-37-27)18-26(19)33-30(36)21-6-10-25-20(16-21)5-9-23(31-25)12-13-34(2)3/h4-11,16-18H,12-15H2,1-3H3,(H,32,35)(H,33,36). The molecule has 0 spiro atoms. The van der Waals surface area contributed by atoms with Crippen molar-refractivity contribution in [1.29, 1.82) is 0 Å². The smallest absolute Gasteiger partial charge is 0.255 e. The first kappa shape index (κ1) is 25.2. The Hall–Kier alpha value is -4.43. The molecule has 1 aromatic heterocycles. The number of hydrogen-bond donors (Lipinski definition) is 2. The van der Waals surface area contributed by atoms with Gasteiger partial charge in [0, 0.05) is 46.5 Å². The van der Waals surface area contributed by atoms with E-state index in [2.05, 4.69) is 15.5 Å². The number of ether oxygens (including phenoxy) is 2. The average molecular weight is 511 g/mol. The third-order valence-electron chi connectivity index (χ3n) is 6.37. The summed E-state index contributed by atoms with van der Waals surface area (Å²) in [5.74, 6) is 0.663. The highest BCUT2D eigenvalue weighted by Crippen LogP contribution is 2.31. The maximum atomic E-state index is 13.1. The zero-order chi connectivity index (χ0) is 26.6. The molecule has 2 N–H and O–H groups in total. The van der Waals surface area contributed by atoms with Crippen LogP contribution in [0.2, 0.25) is 0 Å². The number of fused-ring (bicyclic) bond motifs is 2. The van der Waals surface area contributed by atoms with Crippen molar-refractivity contribution in [2.75, 3.05) is 44.5 Å². The number of benzene rings is 3. The molecule has 0 saturated heterocycles. The molecule has 3 aromatic carbocycles. The van der Waals surface area contributed by atoms with Gasteiger partial charge in [-0.3, -0.25) is 14.6 Å². The first-order chi connectivity index (χ1) is 18.4. The van der Waals surface area contributed by atoms with Gasteiger partial charge in [0.15, 0.2) is 11.5 Å². The predicted octanol–water partition coefficient (Wildman–Crippen LogP) is 4.92. The fourth-order valence-corrected chi connectivity index (χ4v) is 4.20.